The van der Waals surface area contributed by atoms with Crippen LogP contribution < -0.4 is 0 Å². The van der Waals surface area contributed by atoms with Crippen molar-refractivity contribution in [1.29, 1.82) is 0 Å². The van der Waals surface area contributed by atoms with E-state index in [0.29, 0.717) is 0 Å². The van der Waals surface area contributed by atoms with Crippen molar-refractivity contribution < 1.29 is 28.8 Å². The lowest BCUT2D eigenvalue weighted by atomic mass is 9.89. The zero-order valence-electron chi connectivity index (χ0n) is 12.5. The zero-order chi connectivity index (χ0) is 17.1. The van der Waals surface area contributed by atoms with Crippen molar-refractivity contribution in [2.45, 2.75) is 31.8 Å². The van der Waals surface area contributed by atoms with Crippen molar-refractivity contribution in [1.82, 2.24) is 0 Å². The monoisotopic (exact) mass is 331 g/mol. The predicted molar refractivity (Wildman–Crippen MR) is 78.7 cm³/mol. The van der Waals surface area contributed by atoms with E-state index in [1.807, 2.05) is 0 Å². The van der Waals surface area contributed by atoms with E-state index in [0.717, 1.165) is 7.11 Å². The lowest BCUT2D eigenvalue weighted by molar-refractivity contribution is -0.386. The zero-order valence-corrected chi connectivity index (χ0v) is 13.4. The van der Waals surface area contributed by atoms with Crippen LogP contribution in [0.5, 0.6) is 0 Å². The summed E-state index contributed by atoms with van der Waals surface area (Å²) >= 11 is 0. The molecule has 22 heavy (non-hydrogen) atoms. The smallest absolute Gasteiger partial charge is 0.344 e. The van der Waals surface area contributed by atoms with Crippen molar-refractivity contribution in [3.05, 3.63) is 39.4 Å². The first-order valence-electron chi connectivity index (χ1n) is 6.58. The number of para-hydroxylation sites is 1. The fraction of sp³-hybridized carbons (Fsp3) is 0.462. The number of nitrogens with zero attached hydrogens (tertiary/aromatic N) is 1. The number of hydrogen-bond acceptors (Lipinski definition) is 5. The van der Waals surface area contributed by atoms with E-state index < -0.39 is 29.3 Å². The minimum absolute atomic E-state index is 0.0146. The topological polar surface area (TPSA) is 127 Å². The molecule has 0 aromatic heterocycles. The molecule has 1 aromatic carbocycles. The molecular formula is C13H18NO7P. The molecule has 0 aliphatic carbocycles. The van der Waals surface area contributed by atoms with E-state index in [-0.39, 0.29) is 24.0 Å². The number of nitro groups is 1. The molecule has 0 unspecified atom stereocenters. The minimum Gasteiger partial charge on any atom is -0.465 e. The highest BCUT2D eigenvalue weighted by Crippen LogP contribution is 2.62. The Bertz CT molecular complexity index is 633. The number of hydrogen-bond donors (Lipinski definition) is 2. The quantitative estimate of drug-likeness (QED) is 0.355. The third kappa shape index (κ3) is 2.90. The summed E-state index contributed by atoms with van der Waals surface area (Å²) < 4.78 is 16.5. The van der Waals surface area contributed by atoms with Gasteiger partial charge in [-0.2, -0.15) is 0 Å². The Hall–Kier alpha value is -1.76. The number of esters is 1. The van der Waals surface area contributed by atoms with E-state index in [1.165, 1.54) is 32.0 Å². The van der Waals surface area contributed by atoms with E-state index >= 15 is 0 Å². The molecule has 122 valence electrons. The van der Waals surface area contributed by atoms with Crippen LogP contribution in [0.1, 0.15) is 42.6 Å². The maximum absolute atomic E-state index is 12.0. The molecule has 0 heterocycles. The third-order valence-electron chi connectivity index (χ3n) is 3.85. The summed E-state index contributed by atoms with van der Waals surface area (Å²) in [6.45, 7) is 3.08. The van der Waals surface area contributed by atoms with Crippen LogP contribution in [0.2, 0.25) is 0 Å². The predicted octanol–water partition coefficient (Wildman–Crippen LogP) is 2.57. The molecule has 0 aliphatic heterocycles. The Kier molecular flexibility index (Phi) is 5.45. The molecule has 8 nitrogen and oxygen atoms in total. The molecule has 1 aromatic rings. The molecule has 0 fully saturated rings. The number of rotatable bonds is 6. The minimum atomic E-state index is -4.71. The lowest BCUT2D eigenvalue weighted by Crippen LogP contribution is -2.26. The molecule has 0 saturated heterocycles. The van der Waals surface area contributed by atoms with Crippen molar-refractivity contribution in [2.75, 3.05) is 7.11 Å². The molecule has 0 spiro atoms. The molecule has 0 saturated carbocycles. The summed E-state index contributed by atoms with van der Waals surface area (Å²) in [5, 5.41) is 9.69. The average molecular weight is 331 g/mol. The largest absolute Gasteiger partial charge is 0.465 e. The van der Waals surface area contributed by atoms with E-state index in [9.17, 15) is 29.3 Å². The molecule has 1 rings (SSSR count). The van der Waals surface area contributed by atoms with Crippen LogP contribution in [0.4, 0.5) is 5.69 Å². The van der Waals surface area contributed by atoms with Gasteiger partial charge in [0.1, 0.15) is 10.7 Å². The van der Waals surface area contributed by atoms with E-state index in [1.54, 1.807) is 0 Å². The van der Waals surface area contributed by atoms with Gasteiger partial charge >= 0.3 is 13.6 Å². The Morgan fingerprint density at radius 1 is 1.36 bits per heavy atom. The van der Waals surface area contributed by atoms with E-state index in [2.05, 4.69) is 4.74 Å². The van der Waals surface area contributed by atoms with Gasteiger partial charge in [0.25, 0.3) is 5.69 Å². The van der Waals surface area contributed by atoms with Gasteiger partial charge in [0, 0.05) is 5.56 Å². The Morgan fingerprint density at radius 2 is 1.91 bits per heavy atom. The molecule has 0 atom stereocenters. The fourth-order valence-corrected chi connectivity index (χ4v) is 3.91. The Labute approximate surface area is 127 Å². The maximum atomic E-state index is 12.0. The first-order chi connectivity index (χ1) is 10.2. The maximum Gasteiger partial charge on any atom is 0.344 e. The summed E-state index contributed by atoms with van der Waals surface area (Å²) in [5.74, 6) is -0.930. The summed E-state index contributed by atoms with van der Waals surface area (Å²) in [4.78, 5) is 41.8. The molecule has 0 amide bonds. The van der Waals surface area contributed by atoms with Crippen LogP contribution in [0.25, 0.3) is 0 Å². The van der Waals surface area contributed by atoms with Crippen LogP contribution in [0.15, 0.2) is 18.2 Å². The number of carbonyl (C=O) groups is 1. The summed E-state index contributed by atoms with van der Waals surface area (Å²) in [7, 11) is -3.63. The molecule has 0 bridgehead atoms. The Morgan fingerprint density at radius 3 is 2.27 bits per heavy atom. The van der Waals surface area contributed by atoms with Crippen molar-refractivity contribution >= 4 is 19.3 Å². The van der Waals surface area contributed by atoms with Crippen LogP contribution in [0.3, 0.4) is 0 Å². The SMILES string of the molecule is CCC(CC)(c1cccc(C(=O)OC)c1[N+](=O)[O-])P(=O)(O)O. The number of nitro benzene ring substituents is 1. The van der Waals surface area contributed by atoms with Crippen molar-refractivity contribution in [2.24, 2.45) is 0 Å². The van der Waals surface area contributed by atoms with Gasteiger partial charge < -0.3 is 14.5 Å². The average Bonchev–Trinajstić information content (AvgIpc) is 2.46. The number of ether oxygens (including phenoxy) is 1. The first kappa shape index (κ1) is 18.3. The normalized spacial score (nSPS) is 12.0. The van der Waals surface area contributed by atoms with Crippen LogP contribution >= 0.6 is 7.60 Å². The van der Waals surface area contributed by atoms with Gasteiger partial charge in [0.2, 0.25) is 0 Å². The van der Waals surface area contributed by atoms with Gasteiger partial charge in [-0.3, -0.25) is 14.7 Å². The van der Waals surface area contributed by atoms with Crippen LogP contribution in [-0.4, -0.2) is 27.8 Å². The van der Waals surface area contributed by atoms with Gasteiger partial charge in [-0.25, -0.2) is 4.79 Å². The molecule has 0 aliphatic rings. The van der Waals surface area contributed by atoms with Crippen molar-refractivity contribution in [3.8, 4) is 0 Å². The van der Waals surface area contributed by atoms with Crippen molar-refractivity contribution in [3.63, 3.8) is 0 Å². The van der Waals surface area contributed by atoms with Crippen LogP contribution in [-0.2, 0) is 14.5 Å². The van der Waals surface area contributed by atoms with Gasteiger partial charge in [-0.15, -0.1) is 0 Å². The highest BCUT2D eigenvalue weighted by molar-refractivity contribution is 7.53. The molecular weight excluding hydrogens is 313 g/mol. The summed E-state index contributed by atoms with van der Waals surface area (Å²) in [6.07, 6.45) is -0.0293. The second-order valence-corrected chi connectivity index (χ2v) is 6.68. The standard InChI is InChI=1S/C13H18NO7P/c1-4-13(5-2,22(18,19)20)10-8-6-7-9(12(15)21-3)11(10)14(16)17/h6-8H,4-5H2,1-3H3,(H2,18,19,20). The van der Waals surface area contributed by atoms with Crippen LogP contribution in [0, 0.1) is 10.1 Å². The highest BCUT2D eigenvalue weighted by Gasteiger charge is 2.49. The first-order valence-corrected chi connectivity index (χ1v) is 8.19. The molecule has 0 radical (unpaired) electrons. The highest BCUT2D eigenvalue weighted by atomic mass is 31.2. The number of methoxy groups -OCH3 is 1. The van der Waals surface area contributed by atoms with Gasteiger partial charge in [-0.1, -0.05) is 26.0 Å². The van der Waals surface area contributed by atoms with Gasteiger partial charge in [-0.05, 0) is 18.9 Å². The van der Waals surface area contributed by atoms with Gasteiger partial charge in [0.15, 0.2) is 0 Å². The molecule has 9 heteroatoms. The van der Waals surface area contributed by atoms with E-state index in [4.69, 9.17) is 0 Å². The second kappa shape index (κ2) is 6.56. The number of benzene rings is 1. The lowest BCUT2D eigenvalue weighted by Gasteiger charge is -2.32. The second-order valence-electron chi connectivity index (χ2n) is 4.73. The third-order valence-corrected chi connectivity index (χ3v) is 5.84. The van der Waals surface area contributed by atoms with Gasteiger partial charge in [0.05, 0.1) is 12.0 Å². The number of carbonyl (C=O) groups excluding carboxylic acids is 1. The molecule has 2 N–H and O–H groups in total. The summed E-state index contributed by atoms with van der Waals surface area (Å²) in [6, 6.07) is 3.82. The fourth-order valence-electron chi connectivity index (χ4n) is 2.59. The Balaban J connectivity index is 3.83. The summed E-state index contributed by atoms with van der Waals surface area (Å²) in [5.41, 5.74) is -1.11.